The van der Waals surface area contributed by atoms with Gasteiger partial charge in [-0.2, -0.15) is 0 Å². The Morgan fingerprint density at radius 2 is 2.19 bits per heavy atom. The van der Waals surface area contributed by atoms with Crippen molar-refractivity contribution < 1.29 is 4.79 Å². The Labute approximate surface area is 123 Å². The van der Waals surface area contributed by atoms with Crippen molar-refractivity contribution in [3.63, 3.8) is 0 Å². The van der Waals surface area contributed by atoms with Gasteiger partial charge in [-0.3, -0.25) is 0 Å². The molecule has 0 fully saturated rings. The first-order valence-corrected chi connectivity index (χ1v) is 7.17. The number of rotatable bonds is 3. The zero-order chi connectivity index (χ0) is 14.8. The Hall–Kier alpha value is -2.37. The highest BCUT2D eigenvalue weighted by Gasteiger charge is 2.17. The van der Waals surface area contributed by atoms with Crippen LogP contribution < -0.4 is 10.6 Å². The Morgan fingerprint density at radius 3 is 3.05 bits per heavy atom. The minimum atomic E-state index is -0.223. The van der Waals surface area contributed by atoms with Crippen molar-refractivity contribution in [2.24, 2.45) is 0 Å². The predicted molar refractivity (Wildman–Crippen MR) is 80.1 cm³/mol. The normalized spacial score (nSPS) is 13.0. The van der Waals surface area contributed by atoms with Gasteiger partial charge >= 0.3 is 6.03 Å². The van der Waals surface area contributed by atoms with Crippen molar-refractivity contribution in [1.29, 1.82) is 0 Å². The maximum Gasteiger partial charge on any atom is 0.319 e. The van der Waals surface area contributed by atoms with Crippen LogP contribution in [0.1, 0.15) is 29.2 Å². The molecule has 1 aromatic heterocycles. The summed E-state index contributed by atoms with van der Waals surface area (Å²) in [6, 6.07) is 5.64. The van der Waals surface area contributed by atoms with Crippen molar-refractivity contribution in [2.75, 3.05) is 5.32 Å². The van der Waals surface area contributed by atoms with Crippen LogP contribution in [-0.2, 0) is 19.5 Å². The molecule has 2 N–H and O–H groups in total. The van der Waals surface area contributed by atoms with Crippen LogP contribution in [0.2, 0.25) is 0 Å². The van der Waals surface area contributed by atoms with E-state index in [9.17, 15) is 4.79 Å². The molecule has 0 radical (unpaired) electrons. The van der Waals surface area contributed by atoms with E-state index in [1.807, 2.05) is 32.0 Å². The van der Waals surface area contributed by atoms with E-state index in [1.54, 1.807) is 0 Å². The highest BCUT2D eigenvalue weighted by molar-refractivity contribution is 5.90. The fraction of sp³-hybridized carbons (Fsp3) is 0.400. The summed E-state index contributed by atoms with van der Waals surface area (Å²) < 4.78 is 2.08. The monoisotopic (exact) mass is 285 g/mol. The number of anilines is 1. The van der Waals surface area contributed by atoms with Crippen molar-refractivity contribution in [3.8, 4) is 0 Å². The van der Waals surface area contributed by atoms with Crippen molar-refractivity contribution in [1.82, 2.24) is 20.1 Å². The van der Waals surface area contributed by atoms with Gasteiger partial charge in [0.25, 0.3) is 0 Å². The maximum absolute atomic E-state index is 12.0. The molecule has 1 aromatic carbocycles. The number of aryl methyl sites for hydroxylation is 2. The van der Waals surface area contributed by atoms with Crippen LogP contribution in [0.3, 0.4) is 0 Å². The van der Waals surface area contributed by atoms with E-state index in [2.05, 4.69) is 25.4 Å². The third-order valence-corrected chi connectivity index (χ3v) is 3.95. The van der Waals surface area contributed by atoms with Crippen molar-refractivity contribution in [3.05, 3.63) is 41.0 Å². The number of nitrogens with zero attached hydrogens (tertiary/aromatic N) is 3. The lowest BCUT2D eigenvalue weighted by atomic mass is 10.1. The van der Waals surface area contributed by atoms with Crippen LogP contribution in [0.4, 0.5) is 10.5 Å². The number of aromatic nitrogens is 3. The number of carbonyl (C=O) groups is 1. The number of carbonyl (C=O) groups excluding carboxylic acids is 1. The van der Waals surface area contributed by atoms with Crippen LogP contribution in [0, 0.1) is 13.8 Å². The molecule has 0 atom stereocenters. The summed E-state index contributed by atoms with van der Waals surface area (Å²) >= 11 is 0. The van der Waals surface area contributed by atoms with Crippen LogP contribution in [0.15, 0.2) is 18.2 Å². The second-order valence-corrected chi connectivity index (χ2v) is 5.34. The van der Waals surface area contributed by atoms with Gasteiger partial charge in [0.05, 0.1) is 6.54 Å². The van der Waals surface area contributed by atoms with E-state index in [-0.39, 0.29) is 6.03 Å². The first-order chi connectivity index (χ1) is 10.1. The molecule has 1 aliphatic rings. The minimum absolute atomic E-state index is 0.223. The molecule has 0 saturated heterocycles. The lowest BCUT2D eigenvalue weighted by Crippen LogP contribution is -2.29. The third-order valence-electron chi connectivity index (χ3n) is 3.95. The zero-order valence-corrected chi connectivity index (χ0v) is 12.3. The summed E-state index contributed by atoms with van der Waals surface area (Å²) in [5.74, 6) is 1.83. The molecule has 2 aromatic rings. The molecular weight excluding hydrogens is 266 g/mol. The SMILES string of the molecule is Cc1cccc(NC(=O)NCc2nnc3n2CCC3)c1C. The predicted octanol–water partition coefficient (Wildman–Crippen LogP) is 2.16. The van der Waals surface area contributed by atoms with Crippen LogP contribution in [0.5, 0.6) is 0 Å². The molecule has 1 aliphatic heterocycles. The molecule has 6 nitrogen and oxygen atoms in total. The van der Waals surface area contributed by atoms with Gasteiger partial charge in [0, 0.05) is 18.7 Å². The summed E-state index contributed by atoms with van der Waals surface area (Å²) in [7, 11) is 0. The molecular formula is C15H19N5O. The average molecular weight is 285 g/mol. The lowest BCUT2D eigenvalue weighted by molar-refractivity contribution is 0.251. The molecule has 0 spiro atoms. The Bertz CT molecular complexity index is 677. The quantitative estimate of drug-likeness (QED) is 0.907. The standard InChI is InChI=1S/C15H19N5O/c1-10-5-3-6-12(11(10)2)17-15(21)16-9-14-19-18-13-7-4-8-20(13)14/h3,5-6H,4,7-9H2,1-2H3,(H2,16,17,21). The van der Waals surface area contributed by atoms with Gasteiger partial charge in [-0.05, 0) is 37.5 Å². The van der Waals surface area contributed by atoms with E-state index in [0.29, 0.717) is 6.54 Å². The van der Waals surface area contributed by atoms with Gasteiger partial charge < -0.3 is 15.2 Å². The third kappa shape index (κ3) is 2.74. The van der Waals surface area contributed by atoms with E-state index < -0.39 is 0 Å². The zero-order valence-electron chi connectivity index (χ0n) is 12.3. The number of hydrogen-bond donors (Lipinski definition) is 2. The van der Waals surface area contributed by atoms with Gasteiger partial charge in [0.2, 0.25) is 0 Å². The van der Waals surface area contributed by atoms with E-state index >= 15 is 0 Å². The Kier molecular flexibility index (Phi) is 3.60. The topological polar surface area (TPSA) is 71.8 Å². The molecule has 21 heavy (non-hydrogen) atoms. The summed E-state index contributed by atoms with van der Waals surface area (Å²) in [6.45, 7) is 5.36. The fourth-order valence-electron chi connectivity index (χ4n) is 2.55. The largest absolute Gasteiger partial charge is 0.331 e. The molecule has 0 unspecified atom stereocenters. The Morgan fingerprint density at radius 1 is 1.33 bits per heavy atom. The van der Waals surface area contributed by atoms with Crippen LogP contribution in [-0.4, -0.2) is 20.8 Å². The van der Waals surface area contributed by atoms with Gasteiger partial charge in [-0.15, -0.1) is 10.2 Å². The number of amides is 2. The van der Waals surface area contributed by atoms with Gasteiger partial charge in [-0.25, -0.2) is 4.79 Å². The maximum atomic E-state index is 12.0. The molecule has 2 heterocycles. The molecule has 110 valence electrons. The highest BCUT2D eigenvalue weighted by Crippen LogP contribution is 2.18. The molecule has 0 saturated carbocycles. The van der Waals surface area contributed by atoms with E-state index in [4.69, 9.17) is 0 Å². The first kappa shape index (κ1) is 13.6. The van der Waals surface area contributed by atoms with Crippen LogP contribution >= 0.6 is 0 Å². The number of fused-ring (bicyclic) bond motifs is 1. The number of hydrogen-bond acceptors (Lipinski definition) is 3. The Balaban J connectivity index is 1.60. The molecule has 3 rings (SSSR count). The average Bonchev–Trinajstić information content (AvgIpc) is 3.05. The minimum Gasteiger partial charge on any atom is -0.331 e. The second-order valence-electron chi connectivity index (χ2n) is 5.34. The summed E-state index contributed by atoms with van der Waals surface area (Å²) in [5, 5.41) is 14.0. The lowest BCUT2D eigenvalue weighted by Gasteiger charge is -2.11. The summed E-state index contributed by atoms with van der Waals surface area (Å²) in [6.07, 6.45) is 2.08. The number of nitrogens with one attached hydrogen (secondary N) is 2. The van der Waals surface area contributed by atoms with E-state index in [0.717, 1.165) is 47.8 Å². The second kappa shape index (κ2) is 5.55. The van der Waals surface area contributed by atoms with E-state index in [1.165, 1.54) is 0 Å². The number of benzene rings is 1. The fourth-order valence-corrected chi connectivity index (χ4v) is 2.55. The van der Waals surface area contributed by atoms with Gasteiger partial charge in [-0.1, -0.05) is 12.1 Å². The van der Waals surface area contributed by atoms with Gasteiger partial charge in [0.1, 0.15) is 5.82 Å². The van der Waals surface area contributed by atoms with Gasteiger partial charge in [0.15, 0.2) is 5.82 Å². The molecule has 2 amide bonds. The molecule has 6 heteroatoms. The van der Waals surface area contributed by atoms with Crippen molar-refractivity contribution >= 4 is 11.7 Å². The summed E-state index contributed by atoms with van der Waals surface area (Å²) in [4.78, 5) is 12.0. The molecule has 0 aliphatic carbocycles. The highest BCUT2D eigenvalue weighted by atomic mass is 16.2. The van der Waals surface area contributed by atoms with Crippen molar-refractivity contribution in [2.45, 2.75) is 39.8 Å². The smallest absolute Gasteiger partial charge is 0.319 e. The van der Waals surface area contributed by atoms with Crippen LogP contribution in [0.25, 0.3) is 0 Å². The number of urea groups is 1. The first-order valence-electron chi connectivity index (χ1n) is 7.17. The summed E-state index contributed by atoms with van der Waals surface area (Å²) in [5.41, 5.74) is 3.07. The molecule has 0 bridgehead atoms.